The summed E-state index contributed by atoms with van der Waals surface area (Å²) in [6.45, 7) is 0.228. The highest BCUT2D eigenvalue weighted by molar-refractivity contribution is 5.74. The minimum atomic E-state index is -0.616. The van der Waals surface area contributed by atoms with Crippen LogP contribution in [0.3, 0.4) is 0 Å². The highest BCUT2D eigenvalue weighted by Gasteiger charge is 2.48. The Bertz CT molecular complexity index is 562. The van der Waals surface area contributed by atoms with E-state index in [1.165, 1.54) is 18.2 Å². The molecular weight excluding hydrogens is 302 g/mol. The Hall–Kier alpha value is -1.69. The molecule has 2 saturated carbocycles. The molecule has 0 saturated heterocycles. The number of amides is 2. The van der Waals surface area contributed by atoms with Gasteiger partial charge in [0.25, 0.3) is 0 Å². The summed E-state index contributed by atoms with van der Waals surface area (Å²) in [5.41, 5.74) is -0.531. The van der Waals surface area contributed by atoms with E-state index >= 15 is 0 Å². The van der Waals surface area contributed by atoms with Crippen molar-refractivity contribution in [3.8, 4) is 0 Å². The van der Waals surface area contributed by atoms with Crippen LogP contribution in [0.25, 0.3) is 0 Å². The molecule has 1 aromatic rings. The third kappa shape index (κ3) is 3.63. The van der Waals surface area contributed by atoms with Crippen LogP contribution < -0.4 is 10.6 Å². The quantitative estimate of drug-likeness (QED) is 0.797. The number of urea groups is 1. The number of hydrogen-bond acceptors (Lipinski definition) is 2. The van der Waals surface area contributed by atoms with E-state index in [1.807, 2.05) is 0 Å². The molecule has 6 heteroatoms. The average Bonchev–Trinajstić information content (AvgIpc) is 3.28. The number of halogens is 2. The Labute approximate surface area is 134 Å². The number of rotatable bonds is 4. The molecule has 0 unspecified atom stereocenters. The lowest BCUT2D eigenvalue weighted by Crippen LogP contribution is -2.46. The summed E-state index contributed by atoms with van der Waals surface area (Å²) in [6.07, 6.45) is 3.95. The maximum absolute atomic E-state index is 13.9. The molecule has 0 radical (unpaired) electrons. The van der Waals surface area contributed by atoms with Crippen LogP contribution in [0.15, 0.2) is 18.2 Å². The Kier molecular flexibility index (Phi) is 4.53. The van der Waals surface area contributed by atoms with Crippen LogP contribution in [0.4, 0.5) is 13.6 Å². The van der Waals surface area contributed by atoms with Crippen LogP contribution in [0.5, 0.6) is 0 Å². The topological polar surface area (TPSA) is 61.4 Å². The highest BCUT2D eigenvalue weighted by atomic mass is 19.1. The summed E-state index contributed by atoms with van der Waals surface area (Å²) < 4.78 is 27.9. The smallest absolute Gasteiger partial charge is 0.315 e. The first-order valence-electron chi connectivity index (χ1n) is 8.17. The standard InChI is InChI=1S/C17H22F2N2O2/c18-13-2-1-3-14(19)15(13)17(8-9-17)10-20-16(23)21-11-4-6-12(22)7-5-11/h1-3,11-12,22H,4-10H2,(H2,20,21,23). The Morgan fingerprint density at radius 3 is 2.35 bits per heavy atom. The molecule has 0 spiro atoms. The van der Waals surface area contributed by atoms with Crippen LogP contribution in [0.1, 0.15) is 44.1 Å². The fourth-order valence-electron chi connectivity index (χ4n) is 3.38. The van der Waals surface area contributed by atoms with E-state index in [-0.39, 0.29) is 30.3 Å². The van der Waals surface area contributed by atoms with Crippen LogP contribution in [0.2, 0.25) is 0 Å². The minimum Gasteiger partial charge on any atom is -0.393 e. The predicted molar refractivity (Wildman–Crippen MR) is 82.1 cm³/mol. The molecule has 126 valence electrons. The molecule has 3 N–H and O–H groups in total. The van der Waals surface area contributed by atoms with Crippen LogP contribution in [-0.4, -0.2) is 29.8 Å². The lowest BCUT2D eigenvalue weighted by Gasteiger charge is -2.26. The zero-order chi connectivity index (χ0) is 16.4. The van der Waals surface area contributed by atoms with E-state index < -0.39 is 17.0 Å². The zero-order valence-corrected chi connectivity index (χ0v) is 12.9. The van der Waals surface area contributed by atoms with Gasteiger partial charge < -0.3 is 15.7 Å². The van der Waals surface area contributed by atoms with Crippen LogP contribution in [0, 0.1) is 11.6 Å². The molecule has 2 fully saturated rings. The fourth-order valence-corrected chi connectivity index (χ4v) is 3.38. The molecule has 0 aliphatic heterocycles. The normalized spacial score (nSPS) is 25.7. The summed E-state index contributed by atoms with van der Waals surface area (Å²) in [5, 5.41) is 15.1. The molecular formula is C17H22F2N2O2. The first kappa shape index (κ1) is 16.2. The molecule has 2 aliphatic carbocycles. The lowest BCUT2D eigenvalue weighted by atomic mass is 9.93. The highest BCUT2D eigenvalue weighted by Crippen LogP contribution is 2.49. The van der Waals surface area contributed by atoms with Gasteiger partial charge in [0.05, 0.1) is 6.10 Å². The fraction of sp³-hybridized carbons (Fsp3) is 0.588. The lowest BCUT2D eigenvalue weighted by molar-refractivity contribution is 0.117. The molecule has 2 aliphatic rings. The molecule has 0 aromatic heterocycles. The number of nitrogens with one attached hydrogen (secondary N) is 2. The number of aliphatic hydroxyl groups excluding tert-OH is 1. The second-order valence-electron chi connectivity index (χ2n) is 6.71. The SMILES string of the molecule is O=C(NCC1(c2c(F)cccc2F)CC1)NC1CCC(O)CC1. The van der Waals surface area contributed by atoms with Gasteiger partial charge in [0.1, 0.15) is 11.6 Å². The third-order valence-corrected chi connectivity index (χ3v) is 4.97. The van der Waals surface area contributed by atoms with Gasteiger partial charge >= 0.3 is 6.03 Å². The van der Waals surface area contributed by atoms with E-state index in [1.54, 1.807) is 0 Å². The van der Waals surface area contributed by atoms with Gasteiger partial charge in [0.15, 0.2) is 0 Å². The van der Waals surface area contributed by atoms with Crippen molar-refractivity contribution < 1.29 is 18.7 Å². The van der Waals surface area contributed by atoms with Crippen molar-refractivity contribution in [2.24, 2.45) is 0 Å². The van der Waals surface area contributed by atoms with E-state index in [2.05, 4.69) is 10.6 Å². The maximum atomic E-state index is 13.9. The summed E-state index contributed by atoms with van der Waals surface area (Å²) in [5.74, 6) is -1.10. The van der Waals surface area contributed by atoms with E-state index in [4.69, 9.17) is 0 Å². The van der Waals surface area contributed by atoms with Crippen molar-refractivity contribution in [2.75, 3.05) is 6.54 Å². The van der Waals surface area contributed by atoms with E-state index in [0.717, 1.165) is 12.8 Å². The van der Waals surface area contributed by atoms with Crippen molar-refractivity contribution in [1.82, 2.24) is 10.6 Å². The van der Waals surface area contributed by atoms with Gasteiger partial charge in [-0.2, -0.15) is 0 Å². The first-order chi connectivity index (χ1) is 11.0. The molecule has 0 heterocycles. The average molecular weight is 324 g/mol. The Balaban J connectivity index is 1.55. The third-order valence-electron chi connectivity index (χ3n) is 4.97. The van der Waals surface area contributed by atoms with Gasteiger partial charge in [-0.05, 0) is 50.7 Å². The van der Waals surface area contributed by atoms with Crippen molar-refractivity contribution in [2.45, 2.75) is 56.1 Å². The summed E-state index contributed by atoms with van der Waals surface area (Å²) in [4.78, 5) is 12.0. The predicted octanol–water partition coefficient (Wildman–Crippen LogP) is 2.60. The van der Waals surface area contributed by atoms with Gasteiger partial charge in [0, 0.05) is 23.6 Å². The van der Waals surface area contributed by atoms with Gasteiger partial charge in [-0.25, -0.2) is 13.6 Å². The molecule has 2 amide bonds. The van der Waals surface area contributed by atoms with Gasteiger partial charge in [-0.15, -0.1) is 0 Å². The minimum absolute atomic E-state index is 0.0544. The van der Waals surface area contributed by atoms with E-state index in [0.29, 0.717) is 25.7 Å². The Morgan fingerprint density at radius 1 is 1.17 bits per heavy atom. The molecule has 1 aromatic carbocycles. The monoisotopic (exact) mass is 324 g/mol. The largest absolute Gasteiger partial charge is 0.393 e. The molecule has 23 heavy (non-hydrogen) atoms. The summed E-state index contributed by atoms with van der Waals surface area (Å²) >= 11 is 0. The molecule has 3 rings (SSSR count). The first-order valence-corrected chi connectivity index (χ1v) is 8.17. The van der Waals surface area contributed by atoms with E-state index in [9.17, 15) is 18.7 Å². The summed E-state index contributed by atoms with van der Waals surface area (Å²) in [6, 6.07) is 3.60. The molecule has 4 nitrogen and oxygen atoms in total. The number of benzene rings is 1. The van der Waals surface area contributed by atoms with Crippen molar-refractivity contribution in [1.29, 1.82) is 0 Å². The van der Waals surface area contributed by atoms with Crippen LogP contribution in [-0.2, 0) is 5.41 Å². The van der Waals surface area contributed by atoms with Gasteiger partial charge in [-0.3, -0.25) is 0 Å². The zero-order valence-electron chi connectivity index (χ0n) is 12.9. The molecule has 0 atom stereocenters. The van der Waals surface area contributed by atoms with Gasteiger partial charge in [0.2, 0.25) is 0 Å². The van der Waals surface area contributed by atoms with Crippen molar-refractivity contribution in [3.05, 3.63) is 35.4 Å². The van der Waals surface area contributed by atoms with Gasteiger partial charge in [-0.1, -0.05) is 6.07 Å². The Morgan fingerprint density at radius 2 is 1.78 bits per heavy atom. The molecule has 0 bridgehead atoms. The van der Waals surface area contributed by atoms with Crippen molar-refractivity contribution >= 4 is 6.03 Å². The summed E-state index contributed by atoms with van der Waals surface area (Å²) in [7, 11) is 0. The second kappa shape index (κ2) is 6.43. The maximum Gasteiger partial charge on any atom is 0.315 e. The van der Waals surface area contributed by atoms with Crippen LogP contribution >= 0.6 is 0 Å². The number of aliphatic hydroxyl groups is 1. The number of carbonyl (C=O) groups excluding carboxylic acids is 1. The number of hydrogen-bond donors (Lipinski definition) is 3. The number of carbonyl (C=O) groups is 1. The second-order valence-corrected chi connectivity index (χ2v) is 6.71. The van der Waals surface area contributed by atoms with Crippen molar-refractivity contribution in [3.63, 3.8) is 0 Å².